The summed E-state index contributed by atoms with van der Waals surface area (Å²) in [7, 11) is -3.63. The number of nitrogens with two attached hydrogens (primary N) is 1. The Morgan fingerprint density at radius 3 is 2.30 bits per heavy atom. The Balaban J connectivity index is 1.91. The molecule has 1 aliphatic heterocycles. The number of esters is 1. The lowest BCUT2D eigenvalue weighted by molar-refractivity contribution is -0.150. The second-order valence-corrected chi connectivity index (χ2v) is 8.86. The molecule has 30 heavy (non-hydrogen) atoms. The monoisotopic (exact) mass is 442 g/mol. The maximum absolute atomic E-state index is 12.6. The fraction of sp³-hybridized carbons (Fsp3) is 0.500. The molecule has 1 aliphatic rings. The number of nitrogens with one attached hydrogen (secondary N) is 2. The Hall–Kier alpha value is -2.70. The number of morpholine rings is 1. The first-order chi connectivity index (χ1) is 14.1. The zero-order valence-electron chi connectivity index (χ0n) is 16.8. The lowest BCUT2D eigenvalue weighted by Gasteiger charge is -2.26. The number of primary amides is 1. The van der Waals surface area contributed by atoms with E-state index >= 15 is 0 Å². The van der Waals surface area contributed by atoms with Crippen LogP contribution in [0.4, 0.5) is 10.5 Å². The maximum Gasteiger partial charge on any atom is 0.329 e. The fourth-order valence-corrected chi connectivity index (χ4v) is 4.13. The summed E-state index contributed by atoms with van der Waals surface area (Å²) in [5.74, 6) is -1.69. The molecule has 12 heteroatoms. The molecule has 2 rings (SSSR count). The number of anilines is 1. The maximum atomic E-state index is 12.6. The Labute approximate surface area is 174 Å². The predicted octanol–water partition coefficient (Wildman–Crippen LogP) is -0.118. The number of carbonyl (C=O) groups is 3. The van der Waals surface area contributed by atoms with Crippen molar-refractivity contribution in [3.8, 4) is 0 Å². The van der Waals surface area contributed by atoms with Gasteiger partial charge in [-0.3, -0.25) is 4.79 Å². The number of amides is 3. The van der Waals surface area contributed by atoms with Crippen molar-refractivity contribution < 1.29 is 32.3 Å². The highest BCUT2D eigenvalue weighted by atomic mass is 32.2. The number of rotatable bonds is 8. The van der Waals surface area contributed by atoms with Crippen LogP contribution >= 0.6 is 0 Å². The van der Waals surface area contributed by atoms with Crippen LogP contribution in [0.15, 0.2) is 29.2 Å². The van der Waals surface area contributed by atoms with Gasteiger partial charge in [0.2, 0.25) is 10.0 Å². The lowest BCUT2D eigenvalue weighted by atomic mass is 10.1. The quantitative estimate of drug-likeness (QED) is 0.474. The van der Waals surface area contributed by atoms with Crippen LogP contribution in [-0.2, 0) is 29.1 Å². The number of nitrogens with zero attached hydrogens (tertiary/aromatic N) is 1. The molecule has 0 aliphatic carbocycles. The van der Waals surface area contributed by atoms with Crippen molar-refractivity contribution in [1.82, 2.24) is 9.62 Å². The van der Waals surface area contributed by atoms with Gasteiger partial charge >= 0.3 is 12.0 Å². The standard InChI is InChI=1S/C18H26N4O7S/c1-12(2)16(21-18(19)25)17(24)29-11-15(23)20-13-3-5-14(6-4-13)30(26,27)22-7-9-28-10-8-22/h3-6,12,16H,7-11H2,1-2H3,(H,20,23)(H3,19,21,25)/t16-/m1/s1. The normalized spacial score (nSPS) is 16.0. The number of sulfonamides is 1. The minimum absolute atomic E-state index is 0.103. The van der Waals surface area contributed by atoms with Crippen LogP contribution in [0.5, 0.6) is 0 Å². The second kappa shape index (κ2) is 10.4. The van der Waals surface area contributed by atoms with Gasteiger partial charge in [0.25, 0.3) is 5.91 Å². The molecule has 0 unspecified atom stereocenters. The Kier molecular flexibility index (Phi) is 8.15. The van der Waals surface area contributed by atoms with Crippen LogP contribution in [0.25, 0.3) is 0 Å². The van der Waals surface area contributed by atoms with E-state index < -0.39 is 40.6 Å². The van der Waals surface area contributed by atoms with Crippen LogP contribution in [-0.4, -0.2) is 69.6 Å². The van der Waals surface area contributed by atoms with E-state index in [9.17, 15) is 22.8 Å². The molecular formula is C18H26N4O7S. The van der Waals surface area contributed by atoms with Crippen LogP contribution in [0.2, 0.25) is 0 Å². The van der Waals surface area contributed by atoms with E-state index in [1.54, 1.807) is 13.8 Å². The van der Waals surface area contributed by atoms with Crippen LogP contribution < -0.4 is 16.4 Å². The molecule has 166 valence electrons. The molecule has 1 fully saturated rings. The molecular weight excluding hydrogens is 416 g/mol. The highest BCUT2D eigenvalue weighted by molar-refractivity contribution is 7.89. The second-order valence-electron chi connectivity index (χ2n) is 6.93. The zero-order valence-corrected chi connectivity index (χ0v) is 17.6. The van der Waals surface area contributed by atoms with Crippen molar-refractivity contribution in [2.75, 3.05) is 38.2 Å². The van der Waals surface area contributed by atoms with Gasteiger partial charge in [-0.15, -0.1) is 0 Å². The molecule has 11 nitrogen and oxygen atoms in total. The third-order valence-corrected chi connectivity index (χ3v) is 6.22. The van der Waals surface area contributed by atoms with Crippen molar-refractivity contribution in [3.05, 3.63) is 24.3 Å². The van der Waals surface area contributed by atoms with E-state index in [1.165, 1.54) is 28.6 Å². The number of urea groups is 1. The number of hydrogen-bond donors (Lipinski definition) is 3. The highest BCUT2D eigenvalue weighted by Crippen LogP contribution is 2.19. The Bertz CT molecular complexity index is 865. The third kappa shape index (κ3) is 6.40. The van der Waals surface area contributed by atoms with Gasteiger partial charge in [0.15, 0.2) is 6.61 Å². The van der Waals surface area contributed by atoms with Crippen molar-refractivity contribution in [3.63, 3.8) is 0 Å². The van der Waals surface area contributed by atoms with Crippen LogP contribution in [0.3, 0.4) is 0 Å². The molecule has 0 spiro atoms. The minimum atomic E-state index is -3.63. The summed E-state index contributed by atoms with van der Waals surface area (Å²) >= 11 is 0. The van der Waals surface area contributed by atoms with E-state index in [2.05, 4.69) is 10.6 Å². The van der Waals surface area contributed by atoms with Gasteiger partial charge in [0, 0.05) is 18.8 Å². The zero-order chi connectivity index (χ0) is 22.3. The van der Waals surface area contributed by atoms with E-state index in [4.69, 9.17) is 15.2 Å². The van der Waals surface area contributed by atoms with Gasteiger partial charge in [-0.05, 0) is 30.2 Å². The highest BCUT2D eigenvalue weighted by Gasteiger charge is 2.27. The van der Waals surface area contributed by atoms with Crippen molar-refractivity contribution in [2.24, 2.45) is 11.7 Å². The molecule has 0 radical (unpaired) electrons. The molecule has 4 N–H and O–H groups in total. The fourth-order valence-electron chi connectivity index (χ4n) is 2.72. The van der Waals surface area contributed by atoms with E-state index in [1.807, 2.05) is 0 Å². The molecule has 1 aromatic carbocycles. The first-order valence-corrected chi connectivity index (χ1v) is 10.8. The predicted molar refractivity (Wildman–Crippen MR) is 107 cm³/mol. The molecule has 0 aromatic heterocycles. The Morgan fingerprint density at radius 2 is 1.77 bits per heavy atom. The van der Waals surface area contributed by atoms with Crippen molar-refractivity contribution >= 4 is 33.6 Å². The molecule has 1 aromatic rings. The van der Waals surface area contributed by atoms with Gasteiger partial charge < -0.3 is 25.8 Å². The van der Waals surface area contributed by atoms with E-state index in [-0.39, 0.29) is 23.9 Å². The number of benzene rings is 1. The van der Waals surface area contributed by atoms with Crippen molar-refractivity contribution in [2.45, 2.75) is 24.8 Å². The summed E-state index contributed by atoms with van der Waals surface area (Å²) in [5, 5.41) is 4.77. The van der Waals surface area contributed by atoms with E-state index in [0.29, 0.717) is 18.9 Å². The SMILES string of the molecule is CC(C)[C@@H](NC(N)=O)C(=O)OCC(=O)Nc1ccc(S(=O)(=O)N2CCOCC2)cc1. The number of ether oxygens (including phenoxy) is 2. The minimum Gasteiger partial charge on any atom is -0.454 e. The molecule has 1 heterocycles. The average molecular weight is 442 g/mol. The van der Waals surface area contributed by atoms with Crippen molar-refractivity contribution in [1.29, 1.82) is 0 Å². The van der Waals surface area contributed by atoms with Gasteiger partial charge in [-0.2, -0.15) is 4.31 Å². The summed E-state index contributed by atoms with van der Waals surface area (Å²) in [6, 6.07) is 3.81. The third-order valence-electron chi connectivity index (χ3n) is 4.31. The summed E-state index contributed by atoms with van der Waals surface area (Å²) < 4.78 is 36.6. The topological polar surface area (TPSA) is 157 Å². The van der Waals surface area contributed by atoms with Gasteiger partial charge in [0.1, 0.15) is 6.04 Å². The molecule has 0 bridgehead atoms. The van der Waals surface area contributed by atoms with Gasteiger partial charge in [0.05, 0.1) is 18.1 Å². The molecule has 0 saturated carbocycles. The average Bonchev–Trinajstić information content (AvgIpc) is 2.71. The first-order valence-electron chi connectivity index (χ1n) is 9.31. The summed E-state index contributed by atoms with van der Waals surface area (Å²) in [4.78, 5) is 35.1. The summed E-state index contributed by atoms with van der Waals surface area (Å²) in [6.07, 6.45) is 0. The first kappa shape index (κ1) is 23.6. The van der Waals surface area contributed by atoms with Gasteiger partial charge in [-0.25, -0.2) is 18.0 Å². The van der Waals surface area contributed by atoms with Gasteiger partial charge in [-0.1, -0.05) is 13.8 Å². The van der Waals surface area contributed by atoms with Crippen LogP contribution in [0.1, 0.15) is 13.8 Å². The summed E-state index contributed by atoms with van der Waals surface area (Å²) in [5.41, 5.74) is 5.37. The lowest BCUT2D eigenvalue weighted by Crippen LogP contribution is -2.47. The largest absolute Gasteiger partial charge is 0.454 e. The smallest absolute Gasteiger partial charge is 0.329 e. The summed E-state index contributed by atoms with van der Waals surface area (Å²) in [6.45, 7) is 4.07. The molecule has 3 amide bonds. The van der Waals surface area contributed by atoms with Crippen LogP contribution in [0, 0.1) is 5.92 Å². The molecule has 1 atom stereocenters. The molecule has 1 saturated heterocycles. The number of carbonyl (C=O) groups excluding carboxylic acids is 3. The number of hydrogen-bond acceptors (Lipinski definition) is 7. The van der Waals surface area contributed by atoms with E-state index in [0.717, 1.165) is 0 Å². The Morgan fingerprint density at radius 1 is 1.17 bits per heavy atom.